The van der Waals surface area contributed by atoms with Crippen LogP contribution in [0.3, 0.4) is 0 Å². The molecule has 0 fully saturated rings. The third-order valence-electron chi connectivity index (χ3n) is 3.75. The molecule has 130 valence electrons. The van der Waals surface area contributed by atoms with E-state index in [0.717, 1.165) is 16.7 Å². The molecule has 0 aliphatic heterocycles. The van der Waals surface area contributed by atoms with Gasteiger partial charge in [0.15, 0.2) is 11.5 Å². The Balaban J connectivity index is 2.28. The smallest absolute Gasteiger partial charge is 0.337 e. The molecule has 0 aliphatic carbocycles. The van der Waals surface area contributed by atoms with Crippen LogP contribution in [-0.4, -0.2) is 23.3 Å². The monoisotopic (exact) mass is 338 g/mol. The van der Waals surface area contributed by atoms with Crippen LogP contribution in [0.5, 0.6) is 11.5 Å². The van der Waals surface area contributed by atoms with Crippen LogP contribution in [0.15, 0.2) is 48.0 Å². The number of methoxy groups -OCH3 is 1. The molecular weight excluding hydrogens is 316 g/mol. The number of hydrogen-bond donors (Lipinski definition) is 2. The van der Waals surface area contributed by atoms with Crippen molar-refractivity contribution >= 4 is 18.1 Å². The maximum absolute atomic E-state index is 11.4. The molecule has 0 atom stereocenters. The number of rotatable bonds is 5. The van der Waals surface area contributed by atoms with Gasteiger partial charge in [-0.25, -0.2) is 4.79 Å². The van der Waals surface area contributed by atoms with E-state index >= 15 is 0 Å². The van der Waals surface area contributed by atoms with Crippen molar-refractivity contribution in [2.45, 2.75) is 20.3 Å². The predicted molar refractivity (Wildman–Crippen MR) is 99.6 cm³/mol. The Morgan fingerprint density at radius 1 is 1.04 bits per heavy atom. The summed E-state index contributed by atoms with van der Waals surface area (Å²) in [5.41, 5.74) is 4.32. The minimum atomic E-state index is -0.372. The number of allylic oxidation sites excluding steroid dienone is 2. The highest BCUT2D eigenvalue weighted by atomic mass is 16.5. The molecule has 0 aromatic heterocycles. The van der Waals surface area contributed by atoms with Gasteiger partial charge in [-0.05, 0) is 61.2 Å². The van der Waals surface area contributed by atoms with Crippen molar-refractivity contribution in [3.63, 3.8) is 0 Å². The van der Waals surface area contributed by atoms with E-state index in [0.29, 0.717) is 12.0 Å². The lowest BCUT2D eigenvalue weighted by Crippen LogP contribution is -2.00. The molecule has 0 saturated carbocycles. The highest BCUT2D eigenvalue weighted by Gasteiger charge is 2.07. The molecule has 0 amide bonds. The van der Waals surface area contributed by atoms with Gasteiger partial charge in [0.1, 0.15) is 0 Å². The second-order valence-corrected chi connectivity index (χ2v) is 5.97. The zero-order valence-corrected chi connectivity index (χ0v) is 14.6. The topological polar surface area (TPSA) is 66.8 Å². The average molecular weight is 338 g/mol. The van der Waals surface area contributed by atoms with Crippen LogP contribution in [0.25, 0.3) is 12.2 Å². The van der Waals surface area contributed by atoms with Crippen molar-refractivity contribution < 1.29 is 19.7 Å². The maximum atomic E-state index is 11.4. The van der Waals surface area contributed by atoms with Gasteiger partial charge in [-0.15, -0.1) is 0 Å². The van der Waals surface area contributed by atoms with E-state index in [9.17, 15) is 15.0 Å². The van der Waals surface area contributed by atoms with Gasteiger partial charge in [0.2, 0.25) is 0 Å². The number of phenolic OH excluding ortho intramolecular Hbond substituents is 2. The molecule has 4 nitrogen and oxygen atoms in total. The molecule has 0 aliphatic rings. The molecule has 2 rings (SSSR count). The van der Waals surface area contributed by atoms with E-state index < -0.39 is 0 Å². The molecule has 2 aromatic rings. The average Bonchev–Trinajstić information content (AvgIpc) is 2.60. The fourth-order valence-corrected chi connectivity index (χ4v) is 2.32. The van der Waals surface area contributed by atoms with E-state index in [4.69, 9.17) is 0 Å². The standard InChI is InChI=1S/C21H22O4/c1-14(2)4-8-17-12-19(22)20(23)13-18(17)11-7-15-5-9-16(10-6-15)21(24)25-3/h4-7,9-13,22-23H,8H2,1-3H3/b11-7+. The Hall–Kier alpha value is -3.01. The highest BCUT2D eigenvalue weighted by molar-refractivity contribution is 5.89. The van der Waals surface area contributed by atoms with Gasteiger partial charge in [0, 0.05) is 0 Å². The minimum Gasteiger partial charge on any atom is -0.504 e. The maximum Gasteiger partial charge on any atom is 0.337 e. The zero-order chi connectivity index (χ0) is 18.4. The first-order chi connectivity index (χ1) is 11.9. The zero-order valence-electron chi connectivity index (χ0n) is 14.6. The lowest BCUT2D eigenvalue weighted by molar-refractivity contribution is 0.0600. The van der Waals surface area contributed by atoms with Crippen LogP contribution in [-0.2, 0) is 11.2 Å². The SMILES string of the molecule is COC(=O)c1ccc(/C=C/c2cc(O)c(O)cc2CC=C(C)C)cc1. The Labute approximate surface area is 147 Å². The van der Waals surface area contributed by atoms with Crippen LogP contribution in [0.4, 0.5) is 0 Å². The summed E-state index contributed by atoms with van der Waals surface area (Å²) >= 11 is 0. The quantitative estimate of drug-likeness (QED) is 0.363. The number of carbonyl (C=O) groups excluding carboxylic acids is 1. The van der Waals surface area contributed by atoms with Gasteiger partial charge in [-0.2, -0.15) is 0 Å². The van der Waals surface area contributed by atoms with E-state index in [1.54, 1.807) is 24.3 Å². The fraction of sp³-hybridized carbons (Fsp3) is 0.190. The van der Waals surface area contributed by atoms with Gasteiger partial charge in [-0.1, -0.05) is 35.9 Å². The summed E-state index contributed by atoms with van der Waals surface area (Å²) in [4.78, 5) is 11.4. The Kier molecular flexibility index (Phi) is 6.01. The van der Waals surface area contributed by atoms with Gasteiger partial charge in [0.05, 0.1) is 12.7 Å². The largest absolute Gasteiger partial charge is 0.504 e. The molecule has 4 heteroatoms. The summed E-state index contributed by atoms with van der Waals surface area (Å²) < 4.78 is 4.68. The van der Waals surface area contributed by atoms with E-state index in [2.05, 4.69) is 10.8 Å². The van der Waals surface area contributed by atoms with Crippen molar-refractivity contribution in [3.05, 3.63) is 70.3 Å². The lowest BCUT2D eigenvalue weighted by Gasteiger charge is -2.07. The molecule has 0 saturated heterocycles. The summed E-state index contributed by atoms with van der Waals surface area (Å²) in [7, 11) is 1.35. The summed E-state index contributed by atoms with van der Waals surface area (Å²) in [5.74, 6) is -0.652. The van der Waals surface area contributed by atoms with E-state index in [1.807, 2.05) is 38.1 Å². The summed E-state index contributed by atoms with van der Waals surface area (Å²) in [6, 6.07) is 10.2. The molecule has 0 radical (unpaired) electrons. The van der Waals surface area contributed by atoms with Gasteiger partial charge in [0.25, 0.3) is 0 Å². The van der Waals surface area contributed by atoms with Crippen LogP contribution in [0, 0.1) is 0 Å². The van der Waals surface area contributed by atoms with Crippen LogP contribution in [0.2, 0.25) is 0 Å². The first-order valence-corrected chi connectivity index (χ1v) is 7.95. The summed E-state index contributed by atoms with van der Waals surface area (Å²) in [5, 5.41) is 19.5. The minimum absolute atomic E-state index is 0.128. The van der Waals surface area contributed by atoms with Crippen molar-refractivity contribution in [1.29, 1.82) is 0 Å². The number of hydrogen-bond acceptors (Lipinski definition) is 4. The van der Waals surface area contributed by atoms with Crippen LogP contribution >= 0.6 is 0 Å². The molecule has 2 N–H and O–H groups in total. The van der Waals surface area contributed by atoms with E-state index in [1.165, 1.54) is 12.7 Å². The highest BCUT2D eigenvalue weighted by Crippen LogP contribution is 2.30. The van der Waals surface area contributed by atoms with Crippen LogP contribution < -0.4 is 0 Å². The third-order valence-corrected chi connectivity index (χ3v) is 3.75. The van der Waals surface area contributed by atoms with E-state index in [-0.39, 0.29) is 17.5 Å². The van der Waals surface area contributed by atoms with Crippen molar-refractivity contribution in [2.75, 3.05) is 7.11 Å². The van der Waals surface area contributed by atoms with Crippen LogP contribution in [0.1, 0.15) is 40.9 Å². The Bertz CT molecular complexity index is 811. The number of aromatic hydroxyl groups is 2. The third kappa shape index (κ3) is 4.98. The lowest BCUT2D eigenvalue weighted by atomic mass is 10.0. The molecule has 0 heterocycles. The predicted octanol–water partition coefficient (Wildman–Crippen LogP) is 4.56. The molecule has 0 unspecified atom stereocenters. The van der Waals surface area contributed by atoms with Gasteiger partial charge >= 0.3 is 5.97 Å². The molecule has 25 heavy (non-hydrogen) atoms. The summed E-state index contributed by atoms with van der Waals surface area (Å²) in [6.07, 6.45) is 6.49. The van der Waals surface area contributed by atoms with Gasteiger partial charge in [-0.3, -0.25) is 0 Å². The number of phenols is 2. The number of carbonyl (C=O) groups is 1. The number of ether oxygens (including phenoxy) is 1. The molecule has 2 aromatic carbocycles. The number of benzene rings is 2. The first-order valence-electron chi connectivity index (χ1n) is 7.95. The Morgan fingerprint density at radius 2 is 1.68 bits per heavy atom. The van der Waals surface area contributed by atoms with Crippen molar-refractivity contribution in [2.24, 2.45) is 0 Å². The fourth-order valence-electron chi connectivity index (χ4n) is 2.32. The first kappa shape index (κ1) is 18.3. The van der Waals surface area contributed by atoms with Gasteiger partial charge < -0.3 is 14.9 Å². The Morgan fingerprint density at radius 3 is 2.28 bits per heavy atom. The molecular formula is C21H22O4. The molecule has 0 spiro atoms. The van der Waals surface area contributed by atoms with Crippen molar-refractivity contribution in [1.82, 2.24) is 0 Å². The van der Waals surface area contributed by atoms with Crippen molar-refractivity contribution in [3.8, 4) is 11.5 Å². The number of esters is 1. The molecule has 0 bridgehead atoms. The normalized spacial score (nSPS) is 10.7. The summed E-state index contributed by atoms with van der Waals surface area (Å²) in [6.45, 7) is 4.03. The second-order valence-electron chi connectivity index (χ2n) is 5.97. The second kappa shape index (κ2) is 8.20.